The number of benzene rings is 7. The number of hydrogen-bond acceptors (Lipinski definition) is 2. The summed E-state index contributed by atoms with van der Waals surface area (Å²) in [6.07, 6.45) is 3.71. The summed E-state index contributed by atoms with van der Waals surface area (Å²) < 4.78 is 2.40. The minimum atomic E-state index is -2.69. The normalized spacial score (nSPS) is 11.6. The first kappa shape index (κ1) is 33.4. The van der Waals surface area contributed by atoms with Crippen molar-refractivity contribution in [1.29, 1.82) is 0 Å². The second kappa shape index (κ2) is 14.3. The van der Waals surface area contributed by atoms with Gasteiger partial charge < -0.3 is 4.57 Å². The van der Waals surface area contributed by atoms with Gasteiger partial charge in [0.25, 0.3) is 0 Å². The molecule has 0 spiro atoms. The fourth-order valence-corrected chi connectivity index (χ4v) is 13.3. The third-order valence-corrected chi connectivity index (χ3v) is 15.8. The number of rotatable bonds is 8. The molecule has 4 heteroatoms. The van der Waals surface area contributed by atoms with Gasteiger partial charge >= 0.3 is 0 Å². The van der Waals surface area contributed by atoms with Gasteiger partial charge in [0.15, 0.2) is 8.07 Å². The highest BCUT2D eigenvalue weighted by Crippen LogP contribution is 2.37. The molecule has 56 heavy (non-hydrogen) atoms. The summed E-state index contributed by atoms with van der Waals surface area (Å²) in [6.45, 7) is 0. The van der Waals surface area contributed by atoms with Gasteiger partial charge in [0.05, 0.1) is 22.4 Å². The molecule has 7 aromatic carbocycles. The van der Waals surface area contributed by atoms with Gasteiger partial charge in [-0.25, -0.2) is 0 Å². The zero-order valence-corrected chi connectivity index (χ0v) is 31.7. The van der Waals surface area contributed by atoms with E-state index < -0.39 is 8.07 Å². The van der Waals surface area contributed by atoms with Crippen LogP contribution >= 0.6 is 0 Å². The maximum absolute atomic E-state index is 4.68. The van der Waals surface area contributed by atoms with Gasteiger partial charge in [0.2, 0.25) is 0 Å². The Kier molecular flexibility index (Phi) is 8.51. The third-order valence-electron chi connectivity index (χ3n) is 11.0. The molecule has 0 unspecified atom stereocenters. The zero-order valence-electron chi connectivity index (χ0n) is 30.7. The lowest BCUT2D eigenvalue weighted by molar-refractivity contribution is 1.18. The van der Waals surface area contributed by atoms with E-state index in [1.165, 1.54) is 42.6 Å². The molecule has 3 heterocycles. The molecule has 10 aromatic rings. The van der Waals surface area contributed by atoms with Gasteiger partial charge in [0.1, 0.15) is 0 Å². The van der Waals surface area contributed by atoms with Crippen molar-refractivity contribution in [2.24, 2.45) is 0 Å². The highest BCUT2D eigenvalue weighted by molar-refractivity contribution is 7.19. The highest BCUT2D eigenvalue weighted by atomic mass is 28.3. The maximum Gasteiger partial charge on any atom is 0.179 e. The highest BCUT2D eigenvalue weighted by Gasteiger charge is 2.41. The predicted octanol–water partition coefficient (Wildman–Crippen LogP) is 9.95. The van der Waals surface area contributed by atoms with Gasteiger partial charge in [-0.05, 0) is 92.5 Å². The van der Waals surface area contributed by atoms with Gasteiger partial charge in [-0.15, -0.1) is 0 Å². The molecule has 0 saturated heterocycles. The smallest absolute Gasteiger partial charge is 0.179 e. The molecule has 0 amide bonds. The largest absolute Gasteiger partial charge is 0.309 e. The average Bonchev–Trinajstić information content (AvgIpc) is 3.62. The Labute approximate surface area is 327 Å². The second-order valence-electron chi connectivity index (χ2n) is 14.2. The molecular formula is C52H37N3Si. The van der Waals surface area contributed by atoms with Crippen LogP contribution in [-0.2, 0) is 0 Å². The predicted molar refractivity (Wildman–Crippen MR) is 236 cm³/mol. The van der Waals surface area contributed by atoms with Crippen molar-refractivity contribution >= 4 is 50.6 Å². The quantitative estimate of drug-likeness (QED) is 0.115. The van der Waals surface area contributed by atoms with E-state index in [0.29, 0.717) is 0 Å². The van der Waals surface area contributed by atoms with E-state index in [1.54, 1.807) is 0 Å². The Morgan fingerprint density at radius 3 is 1.25 bits per heavy atom. The summed E-state index contributed by atoms with van der Waals surface area (Å²) in [5, 5.41) is 7.80. The van der Waals surface area contributed by atoms with Crippen molar-refractivity contribution in [3.05, 3.63) is 225 Å². The number of nitrogens with zero attached hydrogens (tertiary/aromatic N) is 3. The summed E-state index contributed by atoms with van der Waals surface area (Å²) in [4.78, 5) is 9.36. The molecule has 10 rings (SSSR count). The molecule has 3 aromatic heterocycles. The SMILES string of the molecule is c1ccc([Si](c2ccccc2)(c2ccccc2)c2cccc(-c3cccc(-n4c5ccc(-c6ccccn6)cc5c5cc(-c6ccccn6)ccc54)c3)c2)cc1. The first-order valence-electron chi connectivity index (χ1n) is 19.1. The van der Waals surface area contributed by atoms with E-state index in [1.807, 2.05) is 36.7 Å². The topological polar surface area (TPSA) is 30.7 Å². The van der Waals surface area contributed by atoms with E-state index in [9.17, 15) is 0 Å². The molecule has 0 atom stereocenters. The van der Waals surface area contributed by atoms with Crippen molar-refractivity contribution in [1.82, 2.24) is 14.5 Å². The summed E-state index contributed by atoms with van der Waals surface area (Å²) in [7, 11) is -2.69. The second-order valence-corrected chi connectivity index (χ2v) is 18.0. The monoisotopic (exact) mass is 731 g/mol. The first-order valence-corrected chi connectivity index (χ1v) is 21.1. The minimum absolute atomic E-state index is 0.958. The Balaban J connectivity index is 1.16. The van der Waals surface area contributed by atoms with Crippen LogP contribution in [0.25, 0.3) is 61.1 Å². The van der Waals surface area contributed by atoms with E-state index >= 15 is 0 Å². The van der Waals surface area contributed by atoms with Crippen molar-refractivity contribution < 1.29 is 0 Å². The van der Waals surface area contributed by atoms with Crippen LogP contribution in [0.2, 0.25) is 0 Å². The van der Waals surface area contributed by atoms with Crippen LogP contribution in [0.5, 0.6) is 0 Å². The molecule has 264 valence electrons. The molecule has 0 aliphatic heterocycles. The molecule has 0 bridgehead atoms. The van der Waals surface area contributed by atoms with Crippen LogP contribution in [0, 0.1) is 0 Å². The summed E-state index contributed by atoms with van der Waals surface area (Å²) in [6, 6.07) is 77.2. The standard InChI is InChI=1S/C52H37N3Si/c1-4-19-43(20-5-1)56(44-21-6-2-7-22-44,45-23-8-3-9-24-45)46-25-15-17-39(35-46)38-16-14-18-42(34-38)55-51-30-28-40(49-26-10-12-32-53-49)36-47(51)48-37-41(29-31-52(48)55)50-27-11-13-33-54-50/h1-37H. The van der Waals surface area contributed by atoms with Crippen molar-refractivity contribution in [2.75, 3.05) is 0 Å². The van der Waals surface area contributed by atoms with Crippen LogP contribution in [0.15, 0.2) is 225 Å². The summed E-state index contributed by atoms with van der Waals surface area (Å²) in [5.74, 6) is 0. The van der Waals surface area contributed by atoms with Crippen molar-refractivity contribution in [3.63, 3.8) is 0 Å². The molecule has 0 aliphatic carbocycles. The molecule has 0 saturated carbocycles. The summed E-state index contributed by atoms with van der Waals surface area (Å²) >= 11 is 0. The lowest BCUT2D eigenvalue weighted by atomic mass is 10.0. The number of hydrogen-bond donors (Lipinski definition) is 0. The average molecular weight is 732 g/mol. The molecular weight excluding hydrogens is 695 g/mol. The fourth-order valence-electron chi connectivity index (χ4n) is 8.51. The van der Waals surface area contributed by atoms with E-state index in [-0.39, 0.29) is 0 Å². The minimum Gasteiger partial charge on any atom is -0.309 e. The van der Waals surface area contributed by atoms with Gasteiger partial charge in [-0.2, -0.15) is 0 Å². The fraction of sp³-hybridized carbons (Fsp3) is 0. The van der Waals surface area contributed by atoms with E-state index in [0.717, 1.165) is 39.2 Å². The first-order chi connectivity index (χ1) is 27.8. The summed E-state index contributed by atoms with van der Waals surface area (Å²) in [5.41, 5.74) is 9.87. The van der Waals surface area contributed by atoms with Gasteiger partial charge in [-0.3, -0.25) is 9.97 Å². The van der Waals surface area contributed by atoms with Crippen molar-refractivity contribution in [2.45, 2.75) is 0 Å². The molecule has 0 N–H and O–H groups in total. The van der Waals surface area contributed by atoms with Crippen LogP contribution in [0.3, 0.4) is 0 Å². The number of aromatic nitrogens is 3. The van der Waals surface area contributed by atoms with Crippen LogP contribution in [0.4, 0.5) is 0 Å². The Bertz CT molecular complexity index is 2750. The Morgan fingerprint density at radius 1 is 0.321 bits per heavy atom. The van der Waals surface area contributed by atoms with Crippen LogP contribution in [0.1, 0.15) is 0 Å². The van der Waals surface area contributed by atoms with Crippen LogP contribution < -0.4 is 20.7 Å². The molecule has 0 radical (unpaired) electrons. The van der Waals surface area contributed by atoms with Crippen molar-refractivity contribution in [3.8, 4) is 39.3 Å². The third kappa shape index (κ3) is 5.75. The number of pyridine rings is 2. The molecule has 0 fully saturated rings. The molecule has 0 aliphatic rings. The lowest BCUT2D eigenvalue weighted by Crippen LogP contribution is -2.74. The zero-order chi connectivity index (χ0) is 37.3. The van der Waals surface area contributed by atoms with E-state index in [4.69, 9.17) is 0 Å². The lowest BCUT2D eigenvalue weighted by Gasteiger charge is -2.34. The van der Waals surface area contributed by atoms with Gasteiger partial charge in [0, 0.05) is 40.0 Å². The Morgan fingerprint density at radius 2 is 0.768 bits per heavy atom. The number of fused-ring (bicyclic) bond motifs is 3. The van der Waals surface area contributed by atoms with Crippen LogP contribution in [-0.4, -0.2) is 22.6 Å². The molecule has 3 nitrogen and oxygen atoms in total. The van der Waals surface area contributed by atoms with E-state index in [2.05, 4.69) is 203 Å². The maximum atomic E-state index is 4.68. The van der Waals surface area contributed by atoms with Gasteiger partial charge in [-0.1, -0.05) is 152 Å². The Hall–Kier alpha value is -7.14.